The Labute approximate surface area is 99.6 Å². The van der Waals surface area contributed by atoms with Crippen molar-refractivity contribution in [3.05, 3.63) is 34.5 Å². The van der Waals surface area contributed by atoms with Crippen LogP contribution in [0.1, 0.15) is 10.5 Å². The van der Waals surface area contributed by atoms with Crippen molar-refractivity contribution >= 4 is 34.9 Å². The molecule has 82 valence electrons. The van der Waals surface area contributed by atoms with Crippen LogP contribution in [-0.4, -0.2) is 21.0 Å². The van der Waals surface area contributed by atoms with Crippen molar-refractivity contribution in [3.63, 3.8) is 0 Å². The first-order valence-corrected chi connectivity index (χ1v) is 4.82. The summed E-state index contributed by atoms with van der Waals surface area (Å²) in [6.07, 6.45) is 2.47. The van der Waals surface area contributed by atoms with Crippen molar-refractivity contribution in [1.29, 1.82) is 0 Å². The summed E-state index contributed by atoms with van der Waals surface area (Å²) in [6.45, 7) is 0. The fourth-order valence-electron chi connectivity index (χ4n) is 0.937. The molecule has 0 saturated heterocycles. The molecule has 0 bridgehead atoms. The lowest BCUT2D eigenvalue weighted by atomic mass is 10.4. The predicted molar refractivity (Wildman–Crippen MR) is 56.5 cm³/mol. The lowest BCUT2D eigenvalue weighted by molar-refractivity contribution is 0.101. The molecule has 16 heavy (non-hydrogen) atoms. The molecule has 0 spiro atoms. The van der Waals surface area contributed by atoms with Gasteiger partial charge in [0.05, 0.1) is 0 Å². The molecule has 2 aromatic rings. The van der Waals surface area contributed by atoms with Crippen molar-refractivity contribution < 1.29 is 9.32 Å². The summed E-state index contributed by atoms with van der Waals surface area (Å²) in [5, 5.41) is 6.01. The highest BCUT2D eigenvalue weighted by Gasteiger charge is 2.13. The van der Waals surface area contributed by atoms with Crippen LogP contribution in [0.5, 0.6) is 0 Å². The Kier molecular flexibility index (Phi) is 3.02. The maximum absolute atomic E-state index is 11.5. The molecule has 0 aliphatic heterocycles. The number of amides is 1. The van der Waals surface area contributed by atoms with Gasteiger partial charge >= 0.3 is 0 Å². The van der Waals surface area contributed by atoms with E-state index in [4.69, 9.17) is 23.2 Å². The van der Waals surface area contributed by atoms with E-state index in [0.29, 0.717) is 0 Å². The van der Waals surface area contributed by atoms with Gasteiger partial charge in [-0.05, 0) is 0 Å². The summed E-state index contributed by atoms with van der Waals surface area (Å²) in [6, 6.07) is 1.41. The molecule has 1 N–H and O–H groups in total. The second-order valence-corrected chi connectivity index (χ2v) is 3.40. The minimum atomic E-state index is -0.495. The Balaban J connectivity index is 2.22. The van der Waals surface area contributed by atoms with E-state index >= 15 is 0 Å². The first-order valence-electron chi connectivity index (χ1n) is 4.06. The maximum Gasteiger partial charge on any atom is 0.279 e. The van der Waals surface area contributed by atoms with Crippen LogP contribution >= 0.6 is 23.2 Å². The molecule has 0 unspecified atom stereocenters. The van der Waals surface area contributed by atoms with Gasteiger partial charge in [-0.15, -0.1) is 0 Å². The minimum absolute atomic E-state index is 0.0621. The number of carbonyl (C=O) groups is 1. The molecule has 0 atom stereocenters. The quantitative estimate of drug-likeness (QED) is 0.834. The second-order valence-electron chi connectivity index (χ2n) is 2.67. The van der Waals surface area contributed by atoms with Gasteiger partial charge in [-0.1, -0.05) is 28.4 Å². The second kappa shape index (κ2) is 4.46. The first kappa shape index (κ1) is 10.8. The highest BCUT2D eigenvalue weighted by Crippen LogP contribution is 2.25. The van der Waals surface area contributed by atoms with E-state index in [1.165, 1.54) is 18.7 Å². The number of carbonyl (C=O) groups excluding carboxylic acids is 1. The van der Waals surface area contributed by atoms with E-state index in [1.54, 1.807) is 0 Å². The van der Waals surface area contributed by atoms with Crippen LogP contribution < -0.4 is 5.32 Å². The largest absolute Gasteiger partial charge is 0.364 e. The number of nitrogens with one attached hydrogen (secondary N) is 1. The Morgan fingerprint density at radius 1 is 1.38 bits per heavy atom. The molecule has 0 aliphatic rings. The SMILES string of the molecule is O=C(Nc1ncnc(Cl)c1Cl)c1ccon1. The number of halogens is 2. The molecule has 8 heteroatoms. The van der Waals surface area contributed by atoms with Crippen LogP contribution in [0.4, 0.5) is 5.82 Å². The molecule has 0 aromatic carbocycles. The molecule has 2 aromatic heterocycles. The van der Waals surface area contributed by atoms with Gasteiger partial charge < -0.3 is 9.84 Å². The predicted octanol–water partition coefficient (Wildman–Crippen LogP) is 2.02. The fourth-order valence-corrected chi connectivity index (χ4v) is 1.21. The van der Waals surface area contributed by atoms with Crippen molar-refractivity contribution in [2.24, 2.45) is 0 Å². The lowest BCUT2D eigenvalue weighted by Gasteiger charge is -2.03. The van der Waals surface area contributed by atoms with E-state index < -0.39 is 5.91 Å². The number of rotatable bonds is 2. The number of anilines is 1. The molecule has 0 radical (unpaired) electrons. The summed E-state index contributed by atoms with van der Waals surface area (Å²) < 4.78 is 4.52. The van der Waals surface area contributed by atoms with E-state index in [9.17, 15) is 4.79 Å². The molecule has 0 aliphatic carbocycles. The van der Waals surface area contributed by atoms with Crippen LogP contribution in [0.2, 0.25) is 10.2 Å². The fraction of sp³-hybridized carbons (Fsp3) is 0. The molecule has 0 saturated carbocycles. The molecule has 0 fully saturated rings. The van der Waals surface area contributed by atoms with Gasteiger partial charge in [-0.3, -0.25) is 4.79 Å². The Hall–Kier alpha value is -1.66. The summed E-state index contributed by atoms with van der Waals surface area (Å²) in [7, 11) is 0. The van der Waals surface area contributed by atoms with Gasteiger partial charge in [-0.25, -0.2) is 9.97 Å². The molecular weight excluding hydrogens is 255 g/mol. The van der Waals surface area contributed by atoms with Crippen LogP contribution in [0.25, 0.3) is 0 Å². The standard InChI is InChI=1S/C8H4Cl2N4O2/c9-5-6(10)11-3-12-7(5)13-8(15)4-1-2-16-14-4/h1-3H,(H,11,12,13,15). The average Bonchev–Trinajstić information content (AvgIpc) is 2.78. The normalized spacial score (nSPS) is 10.1. The van der Waals surface area contributed by atoms with Crippen molar-refractivity contribution in [2.45, 2.75) is 0 Å². The zero-order valence-corrected chi connectivity index (χ0v) is 9.16. The highest BCUT2D eigenvalue weighted by atomic mass is 35.5. The zero-order chi connectivity index (χ0) is 11.5. The Bertz CT molecular complexity index is 515. The van der Waals surface area contributed by atoms with Crippen molar-refractivity contribution in [1.82, 2.24) is 15.1 Å². The third kappa shape index (κ3) is 2.12. The number of hydrogen-bond donors (Lipinski definition) is 1. The number of hydrogen-bond acceptors (Lipinski definition) is 5. The van der Waals surface area contributed by atoms with Crippen LogP contribution in [0.3, 0.4) is 0 Å². The third-order valence-corrected chi connectivity index (χ3v) is 2.39. The summed E-state index contributed by atoms with van der Waals surface area (Å²) in [5.41, 5.74) is 0.116. The molecule has 2 rings (SSSR count). The molecule has 1 amide bonds. The van der Waals surface area contributed by atoms with Crippen LogP contribution in [0.15, 0.2) is 23.2 Å². The van der Waals surface area contributed by atoms with E-state index in [-0.39, 0.29) is 21.7 Å². The summed E-state index contributed by atoms with van der Waals surface area (Å²) >= 11 is 11.4. The highest BCUT2D eigenvalue weighted by molar-refractivity contribution is 6.43. The molecule has 6 nitrogen and oxygen atoms in total. The Morgan fingerprint density at radius 2 is 2.19 bits per heavy atom. The third-order valence-electron chi connectivity index (χ3n) is 1.65. The van der Waals surface area contributed by atoms with Crippen molar-refractivity contribution in [2.75, 3.05) is 5.32 Å². The van der Waals surface area contributed by atoms with E-state index in [0.717, 1.165) is 0 Å². The summed E-state index contributed by atoms with van der Waals surface area (Å²) in [5.74, 6) is -0.375. The zero-order valence-electron chi connectivity index (χ0n) is 7.65. The van der Waals surface area contributed by atoms with Gasteiger partial charge in [0, 0.05) is 6.07 Å². The monoisotopic (exact) mass is 258 g/mol. The van der Waals surface area contributed by atoms with Gasteiger partial charge in [0.1, 0.15) is 17.6 Å². The van der Waals surface area contributed by atoms with Crippen molar-refractivity contribution in [3.8, 4) is 0 Å². The van der Waals surface area contributed by atoms with Gasteiger partial charge in [0.25, 0.3) is 5.91 Å². The van der Waals surface area contributed by atoms with E-state index in [1.807, 2.05) is 0 Å². The van der Waals surface area contributed by atoms with Crippen LogP contribution in [0, 0.1) is 0 Å². The maximum atomic E-state index is 11.5. The smallest absolute Gasteiger partial charge is 0.279 e. The Morgan fingerprint density at radius 3 is 2.88 bits per heavy atom. The number of nitrogens with zero attached hydrogens (tertiary/aromatic N) is 3. The average molecular weight is 259 g/mol. The first-order chi connectivity index (χ1) is 7.68. The molecule has 2 heterocycles. The van der Waals surface area contributed by atoms with Gasteiger partial charge in [-0.2, -0.15) is 0 Å². The van der Waals surface area contributed by atoms with Crippen LogP contribution in [-0.2, 0) is 0 Å². The topological polar surface area (TPSA) is 80.9 Å². The van der Waals surface area contributed by atoms with E-state index in [2.05, 4.69) is 25.0 Å². The van der Waals surface area contributed by atoms with Gasteiger partial charge in [0.15, 0.2) is 16.7 Å². The molecular formula is C8H4Cl2N4O2. The minimum Gasteiger partial charge on any atom is -0.364 e. The van der Waals surface area contributed by atoms with Gasteiger partial charge in [0.2, 0.25) is 0 Å². The number of aromatic nitrogens is 3. The summed E-state index contributed by atoms with van der Waals surface area (Å²) in [4.78, 5) is 19.0. The lowest BCUT2D eigenvalue weighted by Crippen LogP contribution is -2.13.